The van der Waals surface area contributed by atoms with Crippen molar-refractivity contribution in [2.75, 3.05) is 18.4 Å². The van der Waals surface area contributed by atoms with Crippen LogP contribution in [-0.2, 0) is 14.2 Å². The Morgan fingerprint density at radius 3 is 2.13 bits per heavy atom. The van der Waals surface area contributed by atoms with Crippen molar-refractivity contribution in [3.05, 3.63) is 0 Å². The lowest BCUT2D eigenvalue weighted by Crippen LogP contribution is -2.62. The van der Waals surface area contributed by atoms with Gasteiger partial charge in [-0.25, -0.2) is 0 Å². The fourth-order valence-corrected chi connectivity index (χ4v) is 3.52. The molecule has 0 bridgehead atoms. The van der Waals surface area contributed by atoms with E-state index in [1.807, 2.05) is 0 Å². The van der Waals surface area contributed by atoms with Gasteiger partial charge in [-0.2, -0.15) is 0 Å². The highest BCUT2D eigenvalue weighted by molar-refractivity contribution is 6.24. The van der Waals surface area contributed by atoms with Crippen molar-refractivity contribution in [3.63, 3.8) is 0 Å². The molecule has 2 rings (SSSR count). The smallest absolute Gasteiger partial charge is 0.213 e. The standard InChI is InChI=1S/C12H19Cl3O8/c13-1-4-6(15)10(20)12(3-14,22-4)23-11-9(19)8(18)7(17)5(2-16)21-11/h4-11,16-20H,1-3H2/t4-,5-,6-,7-,8+,9-,10+,11-,12+/m1/s1. The van der Waals surface area contributed by atoms with Gasteiger partial charge in [0.15, 0.2) is 6.29 Å². The molecule has 2 heterocycles. The van der Waals surface area contributed by atoms with Crippen LogP contribution in [0.4, 0.5) is 0 Å². The van der Waals surface area contributed by atoms with Crippen LogP contribution < -0.4 is 0 Å². The Kier molecular flexibility index (Phi) is 6.77. The minimum atomic E-state index is -1.82. The third-order valence-corrected chi connectivity index (χ3v) is 5.16. The molecule has 2 aliphatic rings. The van der Waals surface area contributed by atoms with Crippen LogP contribution in [0.15, 0.2) is 0 Å². The fourth-order valence-electron chi connectivity index (χ4n) is 2.55. The van der Waals surface area contributed by atoms with Gasteiger partial charge >= 0.3 is 0 Å². The van der Waals surface area contributed by atoms with Crippen LogP contribution in [0.5, 0.6) is 0 Å². The average molecular weight is 398 g/mol. The van der Waals surface area contributed by atoms with Crippen molar-refractivity contribution < 1.29 is 39.7 Å². The van der Waals surface area contributed by atoms with Crippen LogP contribution in [0.1, 0.15) is 0 Å². The molecule has 2 fully saturated rings. The molecule has 0 aromatic carbocycles. The van der Waals surface area contributed by atoms with E-state index in [2.05, 4.69) is 0 Å². The number of ether oxygens (including phenoxy) is 3. The zero-order chi connectivity index (χ0) is 17.4. The normalized spacial score (nSPS) is 51.1. The zero-order valence-electron chi connectivity index (χ0n) is 11.8. The van der Waals surface area contributed by atoms with Crippen molar-refractivity contribution in [1.29, 1.82) is 0 Å². The molecule has 0 aromatic rings. The van der Waals surface area contributed by atoms with Crippen molar-refractivity contribution in [1.82, 2.24) is 0 Å². The molecular formula is C12H19Cl3O8. The number of halogens is 3. The number of rotatable bonds is 5. The van der Waals surface area contributed by atoms with Gasteiger partial charge in [0.05, 0.1) is 29.8 Å². The summed E-state index contributed by atoms with van der Waals surface area (Å²) in [6, 6.07) is 0. The monoisotopic (exact) mass is 396 g/mol. The van der Waals surface area contributed by atoms with Gasteiger partial charge in [0.2, 0.25) is 5.79 Å². The van der Waals surface area contributed by atoms with Crippen LogP contribution in [0.3, 0.4) is 0 Å². The van der Waals surface area contributed by atoms with Gasteiger partial charge in [0.25, 0.3) is 0 Å². The summed E-state index contributed by atoms with van der Waals surface area (Å²) in [5.41, 5.74) is 0. The predicted octanol–water partition coefficient (Wildman–Crippen LogP) is -1.66. The first-order valence-corrected chi connectivity index (χ1v) is 8.42. The van der Waals surface area contributed by atoms with Crippen LogP contribution in [-0.4, -0.2) is 98.0 Å². The second kappa shape index (κ2) is 7.84. The largest absolute Gasteiger partial charge is 0.394 e. The molecule has 136 valence electrons. The number of alkyl halides is 3. The SMILES string of the molecule is OC[C@H]1O[C@H](O[C@]2(CCl)O[C@H](CCl)[C@@H](Cl)[C@@H]2O)[C@H](O)[C@@H](O)[C@@H]1O. The first-order chi connectivity index (χ1) is 10.8. The van der Waals surface area contributed by atoms with Gasteiger partial charge in [0, 0.05) is 0 Å². The van der Waals surface area contributed by atoms with E-state index in [9.17, 15) is 20.4 Å². The fraction of sp³-hybridized carbons (Fsp3) is 1.00. The molecule has 2 aliphatic heterocycles. The average Bonchev–Trinajstić information content (AvgIpc) is 2.80. The molecule has 0 aromatic heterocycles. The number of aliphatic hydroxyl groups is 5. The molecule has 0 spiro atoms. The van der Waals surface area contributed by atoms with Crippen molar-refractivity contribution in [2.24, 2.45) is 0 Å². The molecule has 5 N–H and O–H groups in total. The maximum atomic E-state index is 10.2. The molecule has 0 saturated carbocycles. The lowest BCUT2D eigenvalue weighted by molar-refractivity contribution is -0.370. The molecule has 0 aliphatic carbocycles. The molecule has 0 radical (unpaired) electrons. The van der Waals surface area contributed by atoms with Crippen molar-refractivity contribution in [2.45, 2.75) is 54.1 Å². The van der Waals surface area contributed by atoms with E-state index in [1.54, 1.807) is 0 Å². The number of hydrogen-bond donors (Lipinski definition) is 5. The van der Waals surface area contributed by atoms with E-state index in [0.29, 0.717) is 0 Å². The van der Waals surface area contributed by atoms with Gasteiger partial charge in [0.1, 0.15) is 30.5 Å². The van der Waals surface area contributed by atoms with Crippen molar-refractivity contribution >= 4 is 34.8 Å². The summed E-state index contributed by atoms with van der Waals surface area (Å²) in [6.45, 7) is -0.621. The third kappa shape index (κ3) is 3.58. The van der Waals surface area contributed by atoms with Gasteiger partial charge in [-0.1, -0.05) is 0 Å². The first-order valence-electron chi connectivity index (χ1n) is 6.91. The minimum absolute atomic E-state index is 0.0259. The van der Waals surface area contributed by atoms with Gasteiger partial charge in [-0.15, -0.1) is 34.8 Å². The summed E-state index contributed by atoms with van der Waals surface area (Å²) in [7, 11) is 0. The lowest BCUT2D eigenvalue weighted by atomic mass is 9.99. The highest BCUT2D eigenvalue weighted by Gasteiger charge is 2.57. The molecular weight excluding hydrogens is 378 g/mol. The summed E-state index contributed by atoms with van der Waals surface area (Å²) in [5.74, 6) is -2.21. The van der Waals surface area contributed by atoms with Crippen LogP contribution in [0.2, 0.25) is 0 Å². The molecule has 8 nitrogen and oxygen atoms in total. The second-order valence-electron chi connectivity index (χ2n) is 5.46. The van der Waals surface area contributed by atoms with E-state index < -0.39 is 60.7 Å². The topological polar surface area (TPSA) is 129 Å². The zero-order valence-corrected chi connectivity index (χ0v) is 14.1. The Hall–Kier alpha value is 0.550. The van der Waals surface area contributed by atoms with Gasteiger partial charge < -0.3 is 39.7 Å². The molecule has 0 unspecified atom stereocenters. The second-order valence-corrected chi connectivity index (χ2v) is 6.54. The van der Waals surface area contributed by atoms with Crippen LogP contribution in [0.25, 0.3) is 0 Å². The van der Waals surface area contributed by atoms with E-state index >= 15 is 0 Å². The highest BCUT2D eigenvalue weighted by Crippen LogP contribution is 2.39. The maximum absolute atomic E-state index is 10.2. The summed E-state index contributed by atoms with van der Waals surface area (Å²) in [4.78, 5) is 0. The van der Waals surface area contributed by atoms with E-state index in [4.69, 9.17) is 54.1 Å². The summed E-state index contributed by atoms with van der Waals surface area (Å²) >= 11 is 17.6. The molecule has 11 heteroatoms. The van der Waals surface area contributed by atoms with Gasteiger partial charge in [-0.3, -0.25) is 0 Å². The highest BCUT2D eigenvalue weighted by atomic mass is 35.5. The Morgan fingerprint density at radius 1 is 1.00 bits per heavy atom. The lowest BCUT2D eigenvalue weighted by Gasteiger charge is -2.43. The van der Waals surface area contributed by atoms with E-state index in [0.717, 1.165) is 0 Å². The van der Waals surface area contributed by atoms with Crippen LogP contribution in [0, 0.1) is 0 Å². The summed E-state index contributed by atoms with van der Waals surface area (Å²) in [6.07, 6.45) is -9.64. The molecule has 23 heavy (non-hydrogen) atoms. The molecule has 9 atom stereocenters. The summed E-state index contributed by atoms with van der Waals surface area (Å²) in [5, 5.41) is 48.0. The minimum Gasteiger partial charge on any atom is -0.394 e. The van der Waals surface area contributed by atoms with E-state index in [1.165, 1.54) is 0 Å². The predicted molar refractivity (Wildman–Crippen MR) is 79.5 cm³/mol. The van der Waals surface area contributed by atoms with Gasteiger partial charge in [-0.05, 0) is 0 Å². The van der Waals surface area contributed by atoms with E-state index in [-0.39, 0.29) is 11.8 Å². The Labute approximate surface area is 147 Å². The van der Waals surface area contributed by atoms with Crippen molar-refractivity contribution in [3.8, 4) is 0 Å². The Bertz CT molecular complexity index is 403. The van der Waals surface area contributed by atoms with Crippen LogP contribution >= 0.6 is 34.8 Å². The first kappa shape index (κ1) is 19.9. The Balaban J connectivity index is 2.18. The Morgan fingerprint density at radius 2 is 1.65 bits per heavy atom. The number of aliphatic hydroxyl groups excluding tert-OH is 5. The molecule has 2 saturated heterocycles. The maximum Gasteiger partial charge on any atom is 0.213 e. The summed E-state index contributed by atoms with van der Waals surface area (Å²) < 4.78 is 16.2. The number of hydrogen-bond acceptors (Lipinski definition) is 8. The third-order valence-electron chi connectivity index (χ3n) is 3.96. The molecule has 0 amide bonds. The quantitative estimate of drug-likeness (QED) is 0.349.